The van der Waals surface area contributed by atoms with Crippen LogP contribution in [0, 0.1) is 6.92 Å². The first-order chi connectivity index (χ1) is 8.99. The van der Waals surface area contributed by atoms with Crippen molar-refractivity contribution >= 4 is 23.5 Å². The molecule has 1 amide bonds. The van der Waals surface area contributed by atoms with Crippen molar-refractivity contribution in [3.63, 3.8) is 0 Å². The first-order valence-corrected chi connectivity index (χ1v) is 6.44. The molecule has 104 valence electrons. The van der Waals surface area contributed by atoms with Crippen molar-refractivity contribution in [2.24, 2.45) is 0 Å². The molecule has 0 saturated carbocycles. The van der Waals surface area contributed by atoms with Gasteiger partial charge in [0.25, 0.3) is 5.91 Å². The molecule has 0 aliphatic rings. The van der Waals surface area contributed by atoms with Crippen molar-refractivity contribution < 1.29 is 14.3 Å². The number of hydrogen-bond donors (Lipinski definition) is 0. The maximum atomic E-state index is 12.2. The lowest BCUT2D eigenvalue weighted by molar-refractivity contribution is -0.143. The molecule has 0 unspecified atom stereocenters. The Labute approximate surface area is 117 Å². The summed E-state index contributed by atoms with van der Waals surface area (Å²) in [4.78, 5) is 29.1. The third kappa shape index (κ3) is 4.21. The topological polar surface area (TPSA) is 59.5 Å². The summed E-state index contributed by atoms with van der Waals surface area (Å²) in [5.41, 5.74) is 1.02. The summed E-state index contributed by atoms with van der Waals surface area (Å²) in [5, 5.41) is 0.333. The molecule has 0 atom stereocenters. The Morgan fingerprint density at radius 2 is 2.11 bits per heavy atom. The summed E-state index contributed by atoms with van der Waals surface area (Å²) in [7, 11) is 0. The fourth-order valence-electron chi connectivity index (χ4n) is 1.54. The number of pyridine rings is 1. The highest BCUT2D eigenvalue weighted by Gasteiger charge is 2.20. The standard InChI is InChI=1S/C13H17ClN2O3/c1-4-16(8-12(17)19-5-2)13(18)10-7-15-9(3)6-11(10)14/h6-7H,4-5,8H2,1-3H3. The number of carbonyl (C=O) groups is 2. The Balaban J connectivity index is 2.86. The Morgan fingerprint density at radius 1 is 1.42 bits per heavy atom. The van der Waals surface area contributed by atoms with Gasteiger partial charge in [-0.15, -0.1) is 0 Å². The summed E-state index contributed by atoms with van der Waals surface area (Å²) in [5.74, 6) is -0.762. The molecule has 0 aliphatic carbocycles. The molecular formula is C13H17ClN2O3. The molecule has 1 aromatic heterocycles. The molecule has 0 aliphatic heterocycles. The number of amides is 1. The molecule has 1 rings (SSSR count). The number of aryl methyl sites for hydroxylation is 1. The van der Waals surface area contributed by atoms with Gasteiger partial charge in [-0.3, -0.25) is 14.6 Å². The van der Waals surface area contributed by atoms with E-state index in [4.69, 9.17) is 16.3 Å². The second-order valence-corrected chi connectivity index (χ2v) is 4.34. The van der Waals surface area contributed by atoms with Crippen LogP contribution >= 0.6 is 11.6 Å². The van der Waals surface area contributed by atoms with Gasteiger partial charge >= 0.3 is 5.97 Å². The smallest absolute Gasteiger partial charge is 0.325 e. The van der Waals surface area contributed by atoms with E-state index < -0.39 is 5.97 Å². The monoisotopic (exact) mass is 284 g/mol. The Kier molecular flexibility index (Phi) is 5.76. The molecular weight excluding hydrogens is 268 g/mol. The molecule has 0 aromatic carbocycles. The third-order valence-corrected chi connectivity index (χ3v) is 2.83. The highest BCUT2D eigenvalue weighted by molar-refractivity contribution is 6.33. The van der Waals surface area contributed by atoms with E-state index in [-0.39, 0.29) is 19.1 Å². The summed E-state index contributed by atoms with van der Waals surface area (Å²) >= 11 is 6.02. The van der Waals surface area contributed by atoms with E-state index in [1.165, 1.54) is 11.1 Å². The van der Waals surface area contributed by atoms with Crippen LogP contribution in [0.3, 0.4) is 0 Å². The SMILES string of the molecule is CCOC(=O)CN(CC)C(=O)c1cnc(C)cc1Cl. The highest BCUT2D eigenvalue weighted by Crippen LogP contribution is 2.17. The second-order valence-electron chi connectivity index (χ2n) is 3.93. The van der Waals surface area contributed by atoms with E-state index in [9.17, 15) is 9.59 Å². The van der Waals surface area contributed by atoms with Crippen molar-refractivity contribution in [2.45, 2.75) is 20.8 Å². The maximum absolute atomic E-state index is 12.2. The molecule has 19 heavy (non-hydrogen) atoms. The van der Waals surface area contributed by atoms with E-state index in [1.807, 2.05) is 0 Å². The molecule has 6 heteroatoms. The largest absolute Gasteiger partial charge is 0.465 e. The molecule has 1 heterocycles. The number of rotatable bonds is 5. The van der Waals surface area contributed by atoms with Crippen molar-refractivity contribution in [3.05, 3.63) is 28.5 Å². The lowest BCUT2D eigenvalue weighted by Gasteiger charge is -2.20. The minimum absolute atomic E-state index is 0.0899. The fraction of sp³-hybridized carbons (Fsp3) is 0.462. The predicted octanol–water partition coefficient (Wildman–Crippen LogP) is 2.07. The van der Waals surface area contributed by atoms with E-state index in [1.54, 1.807) is 26.8 Å². The minimum atomic E-state index is -0.436. The van der Waals surface area contributed by atoms with Gasteiger partial charge in [-0.2, -0.15) is 0 Å². The molecule has 0 fully saturated rings. The van der Waals surface area contributed by atoms with Crippen molar-refractivity contribution in [3.8, 4) is 0 Å². The number of ether oxygens (including phenoxy) is 1. The van der Waals surface area contributed by atoms with Crippen LogP contribution in [0.2, 0.25) is 5.02 Å². The Hall–Kier alpha value is -1.62. The number of carbonyl (C=O) groups excluding carboxylic acids is 2. The first-order valence-electron chi connectivity index (χ1n) is 6.06. The minimum Gasteiger partial charge on any atom is -0.465 e. The average molecular weight is 285 g/mol. The molecule has 0 spiro atoms. The fourth-order valence-corrected chi connectivity index (χ4v) is 1.83. The summed E-state index contributed by atoms with van der Waals surface area (Å²) < 4.78 is 4.83. The van der Waals surface area contributed by atoms with Crippen molar-refractivity contribution in [2.75, 3.05) is 19.7 Å². The van der Waals surface area contributed by atoms with Gasteiger partial charge in [0.05, 0.1) is 17.2 Å². The zero-order chi connectivity index (χ0) is 14.4. The maximum Gasteiger partial charge on any atom is 0.325 e. The number of aromatic nitrogens is 1. The normalized spacial score (nSPS) is 10.1. The van der Waals surface area contributed by atoms with Crippen LogP contribution in [-0.2, 0) is 9.53 Å². The number of esters is 1. The van der Waals surface area contributed by atoms with Crippen LogP contribution in [0.1, 0.15) is 29.9 Å². The highest BCUT2D eigenvalue weighted by atomic mass is 35.5. The molecule has 0 bridgehead atoms. The van der Waals surface area contributed by atoms with E-state index in [2.05, 4.69) is 4.98 Å². The lowest BCUT2D eigenvalue weighted by atomic mass is 10.2. The number of hydrogen-bond acceptors (Lipinski definition) is 4. The Morgan fingerprint density at radius 3 is 2.63 bits per heavy atom. The summed E-state index contributed by atoms with van der Waals surface area (Å²) in [6.07, 6.45) is 1.42. The van der Waals surface area contributed by atoms with E-state index in [0.29, 0.717) is 17.1 Å². The van der Waals surface area contributed by atoms with Crippen LogP contribution in [0.5, 0.6) is 0 Å². The molecule has 5 nitrogen and oxygen atoms in total. The number of likely N-dealkylation sites (N-methyl/N-ethyl adjacent to an activating group) is 1. The first kappa shape index (κ1) is 15.4. The quantitative estimate of drug-likeness (QED) is 0.777. The van der Waals surface area contributed by atoms with Crippen LogP contribution in [0.15, 0.2) is 12.3 Å². The van der Waals surface area contributed by atoms with Gasteiger partial charge in [-0.05, 0) is 26.8 Å². The Bertz CT molecular complexity index is 477. The lowest BCUT2D eigenvalue weighted by Crippen LogP contribution is -2.36. The zero-order valence-electron chi connectivity index (χ0n) is 11.3. The van der Waals surface area contributed by atoms with Gasteiger partial charge < -0.3 is 9.64 Å². The van der Waals surface area contributed by atoms with Gasteiger partial charge in [-0.25, -0.2) is 0 Å². The van der Waals surface area contributed by atoms with Gasteiger partial charge in [0.2, 0.25) is 0 Å². The number of nitrogens with zero attached hydrogens (tertiary/aromatic N) is 2. The van der Waals surface area contributed by atoms with Crippen molar-refractivity contribution in [1.29, 1.82) is 0 Å². The van der Waals surface area contributed by atoms with Gasteiger partial charge in [-0.1, -0.05) is 11.6 Å². The average Bonchev–Trinajstić information content (AvgIpc) is 2.35. The van der Waals surface area contributed by atoms with Crippen LogP contribution in [0.25, 0.3) is 0 Å². The van der Waals surface area contributed by atoms with E-state index in [0.717, 1.165) is 5.69 Å². The van der Waals surface area contributed by atoms with Crippen LogP contribution in [0.4, 0.5) is 0 Å². The number of halogens is 1. The predicted molar refractivity (Wildman–Crippen MR) is 72.2 cm³/mol. The van der Waals surface area contributed by atoms with Gasteiger partial charge in [0.15, 0.2) is 0 Å². The molecule has 0 N–H and O–H groups in total. The molecule has 1 aromatic rings. The molecule has 0 radical (unpaired) electrons. The second kappa shape index (κ2) is 7.09. The van der Waals surface area contributed by atoms with Gasteiger partial charge in [0, 0.05) is 18.4 Å². The summed E-state index contributed by atoms with van der Waals surface area (Å²) in [6.45, 7) is 5.88. The van der Waals surface area contributed by atoms with Crippen LogP contribution < -0.4 is 0 Å². The van der Waals surface area contributed by atoms with E-state index >= 15 is 0 Å². The van der Waals surface area contributed by atoms with Gasteiger partial charge in [0.1, 0.15) is 6.54 Å². The van der Waals surface area contributed by atoms with Crippen molar-refractivity contribution in [1.82, 2.24) is 9.88 Å². The molecule has 0 saturated heterocycles. The third-order valence-electron chi connectivity index (χ3n) is 2.51. The zero-order valence-corrected chi connectivity index (χ0v) is 12.0. The van der Waals surface area contributed by atoms with Crippen LogP contribution in [-0.4, -0.2) is 41.5 Å². The summed E-state index contributed by atoms with van der Waals surface area (Å²) in [6, 6.07) is 1.62.